The molecule has 0 rings (SSSR count). The van der Waals surface area contributed by atoms with Gasteiger partial charge in [0.25, 0.3) is 0 Å². The number of esters is 1. The number of aliphatic carboxylic acids is 1. The average molecular weight is 297 g/mol. The molecule has 5 nitrogen and oxygen atoms in total. The van der Waals surface area contributed by atoms with E-state index < -0.39 is 23.3 Å². The minimum absolute atomic E-state index is 0.0118. The van der Waals surface area contributed by atoms with Crippen molar-refractivity contribution < 1.29 is 19.4 Å². The number of carboxylic acid groups (broad SMARTS) is 1. The highest BCUT2D eigenvalue weighted by atomic mass is 16.5. The van der Waals surface area contributed by atoms with Crippen molar-refractivity contribution >= 4 is 11.9 Å². The number of hydrogen-bond acceptors (Lipinski definition) is 4. The summed E-state index contributed by atoms with van der Waals surface area (Å²) in [5, 5.41) is 19.1. The summed E-state index contributed by atoms with van der Waals surface area (Å²) in [7, 11) is 0. The molecule has 0 aliphatic heterocycles. The Morgan fingerprint density at radius 3 is 1.95 bits per heavy atom. The molecule has 0 aliphatic carbocycles. The molecule has 0 fully saturated rings. The lowest BCUT2D eigenvalue weighted by atomic mass is 9.68. The number of nitriles is 1. The van der Waals surface area contributed by atoms with Crippen molar-refractivity contribution in [3.63, 3.8) is 0 Å². The van der Waals surface area contributed by atoms with Crippen molar-refractivity contribution in [3.05, 3.63) is 0 Å². The predicted octanol–water partition coefficient (Wildman–Crippen LogP) is 3.24. The van der Waals surface area contributed by atoms with Crippen molar-refractivity contribution in [2.45, 2.75) is 60.5 Å². The second-order valence-corrected chi connectivity index (χ2v) is 6.65. The zero-order valence-corrected chi connectivity index (χ0v) is 13.8. The Balaban J connectivity index is 5.73. The van der Waals surface area contributed by atoms with Crippen LogP contribution in [-0.4, -0.2) is 23.1 Å². The maximum Gasteiger partial charge on any atom is 0.324 e. The average Bonchev–Trinajstić information content (AvgIpc) is 2.31. The van der Waals surface area contributed by atoms with Gasteiger partial charge < -0.3 is 9.84 Å². The molecular formula is C16H27NO4. The number of carbonyl (C=O) groups is 2. The first-order valence-corrected chi connectivity index (χ1v) is 7.42. The first-order chi connectivity index (χ1) is 9.56. The van der Waals surface area contributed by atoms with Gasteiger partial charge in [-0.3, -0.25) is 9.59 Å². The quantitative estimate of drug-likeness (QED) is 0.695. The molecule has 0 bridgehead atoms. The summed E-state index contributed by atoms with van der Waals surface area (Å²) in [5.41, 5.74) is -1.73. The third-order valence-corrected chi connectivity index (χ3v) is 3.25. The summed E-state index contributed by atoms with van der Waals surface area (Å²) >= 11 is 0. The maximum atomic E-state index is 12.3. The summed E-state index contributed by atoms with van der Waals surface area (Å²) in [6.45, 7) is 10.9. The zero-order valence-electron chi connectivity index (χ0n) is 13.8. The van der Waals surface area contributed by atoms with Crippen molar-refractivity contribution in [2.75, 3.05) is 0 Å². The fourth-order valence-corrected chi connectivity index (χ4v) is 2.48. The molecule has 0 aromatic carbocycles. The molecule has 2 unspecified atom stereocenters. The molecule has 0 amide bonds. The van der Waals surface area contributed by atoms with Crippen LogP contribution in [0.15, 0.2) is 0 Å². The van der Waals surface area contributed by atoms with Crippen molar-refractivity contribution in [3.8, 4) is 6.07 Å². The monoisotopic (exact) mass is 297 g/mol. The van der Waals surface area contributed by atoms with Gasteiger partial charge in [-0.15, -0.1) is 0 Å². The fraction of sp³-hybridized carbons (Fsp3) is 0.812. The Kier molecular flexibility index (Phi) is 7.42. The van der Waals surface area contributed by atoms with E-state index >= 15 is 0 Å². The number of ether oxygens (including phenoxy) is 1. The minimum atomic E-state index is -1.73. The molecule has 0 aliphatic rings. The van der Waals surface area contributed by atoms with Gasteiger partial charge in [-0.05, 0) is 38.5 Å². The Bertz CT molecular complexity index is 409. The molecule has 1 N–H and O–H groups in total. The van der Waals surface area contributed by atoms with E-state index in [1.54, 1.807) is 13.8 Å². The maximum absolute atomic E-state index is 12.3. The number of nitrogens with zero attached hydrogens (tertiary/aromatic N) is 1. The number of carboxylic acids is 1. The lowest BCUT2D eigenvalue weighted by molar-refractivity contribution is -0.166. The molecule has 0 aromatic rings. The molecule has 120 valence electrons. The Labute approximate surface area is 127 Å². The topological polar surface area (TPSA) is 87.4 Å². The minimum Gasteiger partial charge on any atom is -0.480 e. The van der Waals surface area contributed by atoms with E-state index in [2.05, 4.69) is 0 Å². The molecule has 0 aromatic heterocycles. The summed E-state index contributed by atoms with van der Waals surface area (Å²) < 4.78 is 5.20. The van der Waals surface area contributed by atoms with E-state index in [0.29, 0.717) is 6.42 Å². The van der Waals surface area contributed by atoms with Crippen molar-refractivity contribution in [2.24, 2.45) is 23.2 Å². The first kappa shape index (κ1) is 19.4. The zero-order chi connectivity index (χ0) is 16.8. The molecule has 0 saturated carbocycles. The lowest BCUT2D eigenvalue weighted by Crippen LogP contribution is -2.44. The van der Waals surface area contributed by atoms with Gasteiger partial charge in [0, 0.05) is 0 Å². The molecule has 21 heavy (non-hydrogen) atoms. The standard InChI is InChI=1S/C16H27NO4/c1-10(2)7-13(14(18)21-12(5)6)16(9-17,15(19)20)8-11(3)4/h10-13H,7-8H2,1-6H3,(H,19,20). The highest BCUT2D eigenvalue weighted by Gasteiger charge is 2.51. The summed E-state index contributed by atoms with van der Waals surface area (Å²) in [6.07, 6.45) is 0.109. The van der Waals surface area contributed by atoms with E-state index in [0.717, 1.165) is 0 Å². The van der Waals surface area contributed by atoms with Crippen molar-refractivity contribution in [1.82, 2.24) is 0 Å². The van der Waals surface area contributed by atoms with Crippen molar-refractivity contribution in [1.29, 1.82) is 5.26 Å². The Hall–Kier alpha value is -1.57. The van der Waals surface area contributed by atoms with E-state index in [9.17, 15) is 20.0 Å². The van der Waals surface area contributed by atoms with E-state index in [-0.39, 0.29) is 24.4 Å². The van der Waals surface area contributed by atoms with Gasteiger partial charge in [-0.1, -0.05) is 27.7 Å². The van der Waals surface area contributed by atoms with Crippen LogP contribution in [0.25, 0.3) is 0 Å². The van der Waals surface area contributed by atoms with Crippen LogP contribution in [0.5, 0.6) is 0 Å². The second kappa shape index (κ2) is 8.02. The predicted molar refractivity (Wildman–Crippen MR) is 79.3 cm³/mol. The van der Waals surface area contributed by atoms with Gasteiger partial charge in [-0.2, -0.15) is 5.26 Å². The van der Waals surface area contributed by atoms with Gasteiger partial charge in [0.15, 0.2) is 5.41 Å². The summed E-state index contributed by atoms with van der Waals surface area (Å²) in [5.74, 6) is -2.71. The van der Waals surface area contributed by atoms with Gasteiger partial charge in [0.1, 0.15) is 0 Å². The number of carbonyl (C=O) groups excluding carboxylic acids is 1. The number of rotatable bonds is 8. The summed E-state index contributed by atoms with van der Waals surface area (Å²) in [6, 6.07) is 1.91. The third kappa shape index (κ3) is 5.37. The van der Waals surface area contributed by atoms with Crippen LogP contribution in [0.1, 0.15) is 54.4 Å². The molecular weight excluding hydrogens is 270 g/mol. The molecule has 0 spiro atoms. The smallest absolute Gasteiger partial charge is 0.324 e. The van der Waals surface area contributed by atoms with Crippen LogP contribution < -0.4 is 0 Å². The van der Waals surface area contributed by atoms with Crippen LogP contribution in [0.3, 0.4) is 0 Å². The number of hydrogen-bond donors (Lipinski definition) is 1. The lowest BCUT2D eigenvalue weighted by Gasteiger charge is -2.32. The van der Waals surface area contributed by atoms with E-state index in [1.807, 2.05) is 33.8 Å². The highest BCUT2D eigenvalue weighted by molar-refractivity contribution is 5.87. The van der Waals surface area contributed by atoms with Gasteiger partial charge in [-0.25, -0.2) is 0 Å². The Morgan fingerprint density at radius 2 is 1.67 bits per heavy atom. The van der Waals surface area contributed by atoms with E-state index in [4.69, 9.17) is 4.74 Å². The molecule has 5 heteroatoms. The van der Waals surface area contributed by atoms with Gasteiger partial charge >= 0.3 is 11.9 Å². The molecule has 0 heterocycles. The summed E-state index contributed by atoms with van der Waals surface area (Å²) in [4.78, 5) is 24.1. The van der Waals surface area contributed by atoms with Crippen LogP contribution in [0.2, 0.25) is 0 Å². The van der Waals surface area contributed by atoms with Gasteiger partial charge in [0.05, 0.1) is 18.1 Å². The normalized spacial score (nSPS) is 15.6. The molecule has 0 radical (unpaired) electrons. The second-order valence-electron chi connectivity index (χ2n) is 6.65. The van der Waals surface area contributed by atoms with Gasteiger partial charge in [0.2, 0.25) is 0 Å². The SMILES string of the molecule is CC(C)CC(C(=O)OC(C)C)C(C#N)(CC(C)C)C(=O)O. The van der Waals surface area contributed by atoms with Crippen LogP contribution in [0.4, 0.5) is 0 Å². The fourth-order valence-electron chi connectivity index (χ4n) is 2.48. The third-order valence-electron chi connectivity index (χ3n) is 3.25. The Morgan fingerprint density at radius 1 is 1.14 bits per heavy atom. The molecule has 0 saturated heterocycles. The highest BCUT2D eigenvalue weighted by Crippen LogP contribution is 2.39. The largest absolute Gasteiger partial charge is 0.480 e. The van der Waals surface area contributed by atoms with Crippen LogP contribution >= 0.6 is 0 Å². The first-order valence-electron chi connectivity index (χ1n) is 7.42. The molecule has 2 atom stereocenters. The van der Waals surface area contributed by atoms with Crippen LogP contribution in [-0.2, 0) is 14.3 Å². The van der Waals surface area contributed by atoms with Crippen LogP contribution in [0, 0.1) is 34.5 Å². The van der Waals surface area contributed by atoms with E-state index in [1.165, 1.54) is 0 Å².